The molecule has 8 nitrogen and oxygen atoms in total. The van der Waals surface area contributed by atoms with Gasteiger partial charge >= 0.3 is 0 Å². The van der Waals surface area contributed by atoms with Gasteiger partial charge in [-0.15, -0.1) is 0 Å². The van der Waals surface area contributed by atoms with Crippen molar-refractivity contribution >= 4 is 21.5 Å². The number of anilines is 2. The first kappa shape index (κ1) is 14.1. The zero-order chi connectivity index (χ0) is 14.8. The van der Waals surface area contributed by atoms with E-state index in [9.17, 15) is 13.2 Å². The summed E-state index contributed by atoms with van der Waals surface area (Å²) in [4.78, 5) is 11.4. The van der Waals surface area contributed by atoms with Gasteiger partial charge in [0.05, 0.1) is 11.9 Å². The Balaban J connectivity index is 2.33. The lowest BCUT2D eigenvalue weighted by Crippen LogP contribution is -2.20. The van der Waals surface area contributed by atoms with Crippen LogP contribution >= 0.6 is 0 Å². The molecule has 9 heteroatoms. The Kier molecular flexibility index (Phi) is 3.79. The third kappa shape index (κ3) is 2.82. The van der Waals surface area contributed by atoms with Crippen molar-refractivity contribution in [2.45, 2.75) is 24.8 Å². The van der Waals surface area contributed by atoms with E-state index >= 15 is 0 Å². The van der Waals surface area contributed by atoms with Crippen LogP contribution in [0.4, 0.5) is 11.5 Å². The number of nitrogen functional groups attached to an aromatic ring is 1. The molecular weight excluding hydrogens is 282 g/mol. The highest BCUT2D eigenvalue weighted by Crippen LogP contribution is 2.18. The van der Waals surface area contributed by atoms with Crippen LogP contribution < -0.4 is 16.0 Å². The summed E-state index contributed by atoms with van der Waals surface area (Å²) in [5, 5.41) is 5.92. The highest BCUT2D eigenvalue weighted by molar-refractivity contribution is 7.92. The van der Waals surface area contributed by atoms with Gasteiger partial charge in [0.1, 0.15) is 10.7 Å². The number of hydrogen-bond donors (Lipinski definition) is 3. The number of aromatic amines is 1. The molecular formula is C11H15N5O3S. The number of aromatic nitrogens is 3. The second-order valence-corrected chi connectivity index (χ2v) is 5.85. The largest absolute Gasteiger partial charge is 0.383 e. The number of aryl methyl sites for hydroxylation is 1. The highest BCUT2D eigenvalue weighted by Gasteiger charge is 2.19. The molecule has 0 saturated heterocycles. The van der Waals surface area contributed by atoms with Crippen LogP contribution in [0.5, 0.6) is 0 Å². The van der Waals surface area contributed by atoms with Crippen LogP contribution in [0.15, 0.2) is 34.2 Å². The molecule has 0 radical (unpaired) electrons. The Hall–Kier alpha value is -2.29. The molecule has 0 bridgehead atoms. The average molecular weight is 297 g/mol. The Morgan fingerprint density at radius 3 is 2.80 bits per heavy atom. The van der Waals surface area contributed by atoms with Crippen LogP contribution in [0.1, 0.15) is 13.3 Å². The molecule has 0 aliphatic rings. The minimum Gasteiger partial charge on any atom is -0.383 e. The topological polar surface area (TPSA) is 123 Å². The fourth-order valence-electron chi connectivity index (χ4n) is 1.72. The quantitative estimate of drug-likeness (QED) is 0.735. The van der Waals surface area contributed by atoms with Gasteiger partial charge in [-0.25, -0.2) is 8.42 Å². The summed E-state index contributed by atoms with van der Waals surface area (Å²) in [5.74, 6) is -0.0422. The third-order valence-corrected chi connectivity index (χ3v) is 4.03. The fourth-order valence-corrected chi connectivity index (χ4v) is 2.78. The molecule has 0 unspecified atom stereocenters. The Labute approximate surface area is 115 Å². The predicted molar refractivity (Wildman–Crippen MR) is 74.8 cm³/mol. The van der Waals surface area contributed by atoms with Crippen molar-refractivity contribution in [1.82, 2.24) is 14.8 Å². The van der Waals surface area contributed by atoms with Crippen molar-refractivity contribution in [2.24, 2.45) is 0 Å². The van der Waals surface area contributed by atoms with Crippen molar-refractivity contribution in [3.63, 3.8) is 0 Å². The van der Waals surface area contributed by atoms with Gasteiger partial charge in [-0.1, -0.05) is 6.92 Å². The monoisotopic (exact) mass is 297 g/mol. The van der Waals surface area contributed by atoms with Crippen molar-refractivity contribution in [3.05, 3.63) is 34.9 Å². The van der Waals surface area contributed by atoms with Crippen molar-refractivity contribution in [1.29, 1.82) is 0 Å². The molecule has 2 aromatic heterocycles. The summed E-state index contributed by atoms with van der Waals surface area (Å²) in [5.41, 5.74) is 5.60. The maximum Gasteiger partial charge on any atom is 0.267 e. The summed E-state index contributed by atoms with van der Waals surface area (Å²) < 4.78 is 28.0. The van der Waals surface area contributed by atoms with Crippen molar-refractivity contribution in [2.75, 3.05) is 10.5 Å². The standard InChI is InChI=1S/C11H15N5O3S/c1-2-5-16-7-8(3-4-10(16)17)15-20(18,19)9-6-13-14-11(9)12/h3-4,6-7,15H,2,5H2,1H3,(H3,12,13,14). The van der Waals surface area contributed by atoms with E-state index in [0.29, 0.717) is 12.2 Å². The Bertz CT molecular complexity index is 762. The van der Waals surface area contributed by atoms with Gasteiger partial charge < -0.3 is 10.3 Å². The van der Waals surface area contributed by atoms with E-state index in [1.807, 2.05) is 6.92 Å². The first-order valence-electron chi connectivity index (χ1n) is 5.96. The number of rotatable bonds is 5. The second-order valence-electron chi connectivity index (χ2n) is 4.20. The molecule has 0 aliphatic carbocycles. The molecule has 0 spiro atoms. The van der Waals surface area contributed by atoms with Gasteiger partial charge in [0.2, 0.25) is 0 Å². The number of nitrogens with one attached hydrogen (secondary N) is 2. The number of pyridine rings is 1. The van der Waals surface area contributed by atoms with Crippen LogP contribution in [0, 0.1) is 0 Å². The number of nitrogens with two attached hydrogens (primary N) is 1. The highest BCUT2D eigenvalue weighted by atomic mass is 32.2. The number of H-pyrrole nitrogens is 1. The van der Waals surface area contributed by atoms with E-state index < -0.39 is 10.0 Å². The lowest BCUT2D eigenvalue weighted by Gasteiger charge is -2.09. The molecule has 108 valence electrons. The van der Waals surface area contributed by atoms with Gasteiger partial charge in [0, 0.05) is 18.8 Å². The maximum absolute atomic E-state index is 12.1. The fraction of sp³-hybridized carbons (Fsp3) is 0.273. The number of nitrogens with zero attached hydrogens (tertiary/aromatic N) is 2. The third-order valence-electron chi connectivity index (χ3n) is 2.62. The summed E-state index contributed by atoms with van der Waals surface area (Å²) in [6.07, 6.45) is 3.35. The molecule has 0 aliphatic heterocycles. The molecule has 0 fully saturated rings. The van der Waals surface area contributed by atoms with E-state index in [1.165, 1.54) is 22.9 Å². The first-order chi connectivity index (χ1) is 9.44. The molecule has 0 aromatic carbocycles. The van der Waals surface area contributed by atoms with E-state index in [2.05, 4.69) is 14.9 Å². The molecule has 2 aromatic rings. The normalized spacial score (nSPS) is 11.4. The van der Waals surface area contributed by atoms with Crippen LogP contribution in [0.2, 0.25) is 0 Å². The van der Waals surface area contributed by atoms with Gasteiger partial charge in [-0.05, 0) is 12.5 Å². The molecule has 2 heterocycles. The summed E-state index contributed by atoms with van der Waals surface area (Å²) in [7, 11) is -3.83. The van der Waals surface area contributed by atoms with E-state index in [1.54, 1.807) is 0 Å². The van der Waals surface area contributed by atoms with Crippen molar-refractivity contribution in [3.8, 4) is 0 Å². The Morgan fingerprint density at radius 1 is 1.45 bits per heavy atom. The minimum atomic E-state index is -3.83. The van der Waals surface area contributed by atoms with E-state index in [0.717, 1.165) is 12.6 Å². The van der Waals surface area contributed by atoms with Gasteiger partial charge in [-0.2, -0.15) is 5.10 Å². The molecule has 0 saturated carbocycles. The number of hydrogen-bond acceptors (Lipinski definition) is 5. The molecule has 0 atom stereocenters. The number of sulfonamides is 1. The minimum absolute atomic E-state index is 0.0422. The summed E-state index contributed by atoms with van der Waals surface area (Å²) >= 11 is 0. The van der Waals surface area contributed by atoms with Gasteiger partial charge in [0.25, 0.3) is 15.6 Å². The molecule has 4 N–H and O–H groups in total. The van der Waals surface area contributed by atoms with Gasteiger partial charge in [-0.3, -0.25) is 14.6 Å². The molecule has 20 heavy (non-hydrogen) atoms. The maximum atomic E-state index is 12.1. The molecule has 0 amide bonds. The van der Waals surface area contributed by atoms with Gasteiger partial charge in [0.15, 0.2) is 0 Å². The predicted octanol–water partition coefficient (Wildman–Crippen LogP) is 0.364. The van der Waals surface area contributed by atoms with Crippen LogP contribution in [0.25, 0.3) is 0 Å². The first-order valence-corrected chi connectivity index (χ1v) is 7.44. The zero-order valence-corrected chi connectivity index (χ0v) is 11.6. The second kappa shape index (κ2) is 5.37. The summed E-state index contributed by atoms with van der Waals surface area (Å²) in [6, 6.07) is 2.72. The zero-order valence-electron chi connectivity index (χ0n) is 10.8. The van der Waals surface area contributed by atoms with Crippen LogP contribution in [0.3, 0.4) is 0 Å². The molecule has 2 rings (SSSR count). The van der Waals surface area contributed by atoms with Crippen LogP contribution in [-0.4, -0.2) is 23.2 Å². The van der Waals surface area contributed by atoms with Crippen LogP contribution in [-0.2, 0) is 16.6 Å². The average Bonchev–Trinajstić information content (AvgIpc) is 2.80. The smallest absolute Gasteiger partial charge is 0.267 e. The lowest BCUT2D eigenvalue weighted by molar-refractivity contribution is 0.601. The van der Waals surface area contributed by atoms with E-state index in [4.69, 9.17) is 5.73 Å². The SMILES string of the molecule is CCCn1cc(NS(=O)(=O)c2cn[nH]c2N)ccc1=O. The summed E-state index contributed by atoms with van der Waals surface area (Å²) in [6.45, 7) is 2.44. The van der Waals surface area contributed by atoms with E-state index in [-0.39, 0.29) is 16.3 Å². The van der Waals surface area contributed by atoms with Crippen molar-refractivity contribution < 1.29 is 8.42 Å². The Morgan fingerprint density at radius 2 is 2.20 bits per heavy atom. The lowest BCUT2D eigenvalue weighted by atomic mass is 10.4.